The predicted octanol–water partition coefficient (Wildman–Crippen LogP) is 1.22. The maximum absolute atomic E-state index is 12.3. The van der Waals surface area contributed by atoms with Gasteiger partial charge in [0.05, 0.1) is 20.3 Å². The van der Waals surface area contributed by atoms with E-state index >= 15 is 0 Å². The molecule has 1 aliphatic heterocycles. The Morgan fingerprint density at radius 2 is 2.07 bits per heavy atom. The van der Waals surface area contributed by atoms with Crippen LogP contribution in [0.4, 0.5) is 0 Å². The standard InChI is InChI=1S/C19H23N3O5/c1-25-14-7-5-13(6-8-14)19-16(26-2)10-18(24)22(21-19)12-17(23)20-11-15-4-3-9-27-15/h5-8,10,15H,3-4,9,11-12H2,1-2H3,(H,20,23)/t15-/m0/s1. The molecule has 0 unspecified atom stereocenters. The van der Waals surface area contributed by atoms with E-state index in [4.69, 9.17) is 14.2 Å². The summed E-state index contributed by atoms with van der Waals surface area (Å²) in [6, 6.07) is 8.55. The van der Waals surface area contributed by atoms with E-state index in [1.807, 2.05) is 12.1 Å². The Morgan fingerprint density at radius 3 is 2.70 bits per heavy atom. The van der Waals surface area contributed by atoms with Gasteiger partial charge in [0.1, 0.15) is 18.0 Å². The highest BCUT2D eigenvalue weighted by atomic mass is 16.5. The summed E-state index contributed by atoms with van der Waals surface area (Å²) in [5, 5.41) is 7.13. The number of ether oxygens (including phenoxy) is 3. The first-order valence-electron chi connectivity index (χ1n) is 8.79. The Morgan fingerprint density at radius 1 is 1.30 bits per heavy atom. The van der Waals surface area contributed by atoms with Gasteiger partial charge in [0, 0.05) is 24.8 Å². The number of nitrogens with one attached hydrogen (secondary N) is 1. The Labute approximate surface area is 157 Å². The van der Waals surface area contributed by atoms with Gasteiger partial charge in [-0.05, 0) is 37.1 Å². The molecule has 144 valence electrons. The normalized spacial score (nSPS) is 16.1. The molecule has 0 radical (unpaired) electrons. The molecule has 27 heavy (non-hydrogen) atoms. The second-order valence-electron chi connectivity index (χ2n) is 6.22. The van der Waals surface area contributed by atoms with Crippen LogP contribution in [0.3, 0.4) is 0 Å². The van der Waals surface area contributed by atoms with Crippen LogP contribution in [0.2, 0.25) is 0 Å². The van der Waals surface area contributed by atoms with Crippen LogP contribution in [0.15, 0.2) is 35.1 Å². The lowest BCUT2D eigenvalue weighted by Crippen LogP contribution is -2.37. The van der Waals surface area contributed by atoms with E-state index in [-0.39, 0.29) is 18.6 Å². The summed E-state index contributed by atoms with van der Waals surface area (Å²) < 4.78 is 17.1. The third kappa shape index (κ3) is 4.65. The number of hydrogen-bond donors (Lipinski definition) is 1. The van der Waals surface area contributed by atoms with Gasteiger partial charge in [-0.1, -0.05) is 0 Å². The molecule has 1 aromatic carbocycles. The van der Waals surface area contributed by atoms with Gasteiger partial charge in [-0.3, -0.25) is 9.59 Å². The van der Waals surface area contributed by atoms with Gasteiger partial charge in [-0.2, -0.15) is 5.10 Å². The summed E-state index contributed by atoms with van der Waals surface area (Å²) >= 11 is 0. The fourth-order valence-corrected chi connectivity index (χ4v) is 2.92. The Kier molecular flexibility index (Phi) is 6.08. The number of carbonyl (C=O) groups excluding carboxylic acids is 1. The van der Waals surface area contributed by atoms with Crippen molar-refractivity contribution in [3.63, 3.8) is 0 Å². The van der Waals surface area contributed by atoms with E-state index in [9.17, 15) is 9.59 Å². The zero-order valence-corrected chi connectivity index (χ0v) is 15.4. The lowest BCUT2D eigenvalue weighted by molar-refractivity contribution is -0.122. The van der Waals surface area contributed by atoms with Gasteiger partial charge < -0.3 is 19.5 Å². The van der Waals surface area contributed by atoms with Gasteiger partial charge in [0.15, 0.2) is 5.75 Å². The number of carbonyl (C=O) groups is 1. The molecule has 0 saturated carbocycles. The number of aromatic nitrogens is 2. The van der Waals surface area contributed by atoms with Gasteiger partial charge >= 0.3 is 0 Å². The van der Waals surface area contributed by atoms with Crippen molar-refractivity contribution >= 4 is 5.91 Å². The third-order valence-electron chi connectivity index (χ3n) is 4.39. The highest BCUT2D eigenvalue weighted by Gasteiger charge is 2.17. The highest BCUT2D eigenvalue weighted by Crippen LogP contribution is 2.27. The second-order valence-corrected chi connectivity index (χ2v) is 6.22. The Hall–Kier alpha value is -2.87. The van der Waals surface area contributed by atoms with Gasteiger partial charge in [-0.15, -0.1) is 0 Å². The van der Waals surface area contributed by atoms with Crippen LogP contribution in [-0.2, 0) is 16.1 Å². The van der Waals surface area contributed by atoms with Gasteiger partial charge in [0.25, 0.3) is 5.56 Å². The molecule has 0 bridgehead atoms. The summed E-state index contributed by atoms with van der Waals surface area (Å²) in [5.74, 6) is 0.770. The minimum atomic E-state index is -0.406. The van der Waals surface area contributed by atoms with E-state index in [0.717, 1.165) is 29.7 Å². The lowest BCUT2D eigenvalue weighted by Gasteiger charge is -2.13. The van der Waals surface area contributed by atoms with Crippen molar-refractivity contribution < 1.29 is 19.0 Å². The Balaban J connectivity index is 1.78. The number of hydrogen-bond acceptors (Lipinski definition) is 6. The predicted molar refractivity (Wildman–Crippen MR) is 99.0 cm³/mol. The number of amides is 1. The van der Waals surface area contributed by atoms with Crippen molar-refractivity contribution in [3.8, 4) is 22.8 Å². The van der Waals surface area contributed by atoms with Crippen LogP contribution in [0, 0.1) is 0 Å². The summed E-state index contributed by atoms with van der Waals surface area (Å²) in [4.78, 5) is 24.5. The average Bonchev–Trinajstić information content (AvgIpc) is 3.21. The van der Waals surface area contributed by atoms with Crippen LogP contribution in [-0.4, -0.2) is 49.2 Å². The zero-order valence-electron chi connectivity index (χ0n) is 15.4. The number of methoxy groups -OCH3 is 2. The molecule has 1 aromatic heterocycles. The first-order valence-corrected chi connectivity index (χ1v) is 8.79. The Bertz CT molecular complexity index is 841. The maximum Gasteiger partial charge on any atom is 0.270 e. The SMILES string of the molecule is COc1ccc(-c2nn(CC(=O)NC[C@@H]3CCCO3)c(=O)cc2OC)cc1. The molecule has 2 heterocycles. The molecule has 1 atom stereocenters. The largest absolute Gasteiger partial charge is 0.497 e. The molecule has 2 aromatic rings. The van der Waals surface area contributed by atoms with Gasteiger partial charge in [-0.25, -0.2) is 4.68 Å². The summed E-state index contributed by atoms with van der Waals surface area (Å²) in [6.07, 6.45) is 1.98. The molecule has 3 rings (SSSR count). The molecule has 1 aliphatic rings. The van der Waals surface area contributed by atoms with E-state index in [1.54, 1.807) is 19.2 Å². The minimum absolute atomic E-state index is 0.0457. The molecular formula is C19H23N3O5. The molecule has 1 fully saturated rings. The lowest BCUT2D eigenvalue weighted by atomic mass is 10.1. The molecule has 1 N–H and O–H groups in total. The maximum atomic E-state index is 12.3. The molecule has 0 spiro atoms. The topological polar surface area (TPSA) is 91.7 Å². The molecule has 1 saturated heterocycles. The van der Waals surface area contributed by atoms with Crippen LogP contribution in [0.1, 0.15) is 12.8 Å². The number of benzene rings is 1. The molecule has 8 heteroatoms. The summed E-state index contributed by atoms with van der Waals surface area (Å²) in [5.41, 5.74) is 0.823. The zero-order chi connectivity index (χ0) is 19.2. The summed E-state index contributed by atoms with van der Waals surface area (Å²) in [7, 11) is 3.06. The first-order chi connectivity index (χ1) is 13.1. The van der Waals surface area contributed by atoms with Crippen molar-refractivity contribution in [2.24, 2.45) is 0 Å². The van der Waals surface area contributed by atoms with Crippen molar-refractivity contribution in [1.82, 2.24) is 15.1 Å². The number of nitrogens with zero attached hydrogens (tertiary/aromatic N) is 2. The van der Waals surface area contributed by atoms with E-state index < -0.39 is 5.56 Å². The molecular weight excluding hydrogens is 350 g/mol. The van der Waals surface area contributed by atoms with Crippen molar-refractivity contribution in [3.05, 3.63) is 40.7 Å². The second kappa shape index (κ2) is 8.68. The smallest absolute Gasteiger partial charge is 0.270 e. The van der Waals surface area contributed by atoms with Crippen LogP contribution in [0.5, 0.6) is 11.5 Å². The van der Waals surface area contributed by atoms with Crippen molar-refractivity contribution in [1.29, 1.82) is 0 Å². The molecule has 1 amide bonds. The third-order valence-corrected chi connectivity index (χ3v) is 4.39. The highest BCUT2D eigenvalue weighted by molar-refractivity contribution is 5.75. The monoisotopic (exact) mass is 373 g/mol. The van der Waals surface area contributed by atoms with Crippen molar-refractivity contribution in [2.75, 3.05) is 27.4 Å². The minimum Gasteiger partial charge on any atom is -0.497 e. The fourth-order valence-electron chi connectivity index (χ4n) is 2.92. The van der Waals surface area contributed by atoms with E-state index in [2.05, 4.69) is 10.4 Å². The van der Waals surface area contributed by atoms with Crippen LogP contribution < -0.4 is 20.3 Å². The number of rotatable bonds is 7. The van der Waals surface area contributed by atoms with Gasteiger partial charge in [0.2, 0.25) is 5.91 Å². The van der Waals surface area contributed by atoms with Crippen LogP contribution in [0.25, 0.3) is 11.3 Å². The quantitative estimate of drug-likeness (QED) is 0.785. The van der Waals surface area contributed by atoms with E-state index in [0.29, 0.717) is 23.7 Å². The van der Waals surface area contributed by atoms with Crippen molar-refractivity contribution in [2.45, 2.75) is 25.5 Å². The first kappa shape index (κ1) is 18.9. The summed E-state index contributed by atoms with van der Waals surface area (Å²) in [6.45, 7) is 0.999. The molecule has 8 nitrogen and oxygen atoms in total. The average molecular weight is 373 g/mol. The molecule has 0 aliphatic carbocycles. The van der Waals surface area contributed by atoms with Crippen LogP contribution >= 0.6 is 0 Å². The fraction of sp³-hybridized carbons (Fsp3) is 0.421. The van der Waals surface area contributed by atoms with E-state index in [1.165, 1.54) is 13.2 Å².